The third-order valence-electron chi connectivity index (χ3n) is 6.14. The van der Waals surface area contributed by atoms with E-state index < -0.39 is 5.60 Å². The summed E-state index contributed by atoms with van der Waals surface area (Å²) in [5, 5.41) is 7.25. The second kappa shape index (κ2) is 13.1. The lowest BCUT2D eigenvalue weighted by atomic mass is 9.87. The molecule has 0 spiro atoms. The summed E-state index contributed by atoms with van der Waals surface area (Å²) in [7, 11) is 3.70. The van der Waals surface area contributed by atoms with Crippen molar-refractivity contribution in [3.63, 3.8) is 0 Å². The van der Waals surface area contributed by atoms with Crippen molar-refractivity contribution >= 4 is 18.9 Å². The summed E-state index contributed by atoms with van der Waals surface area (Å²) in [5.74, 6) is 0. The molecule has 7 heteroatoms. The van der Waals surface area contributed by atoms with Crippen LogP contribution in [0.1, 0.15) is 68.0 Å². The van der Waals surface area contributed by atoms with E-state index in [1.807, 2.05) is 6.92 Å². The van der Waals surface area contributed by atoms with Crippen LogP contribution in [0.5, 0.6) is 0 Å². The van der Waals surface area contributed by atoms with Gasteiger partial charge < -0.3 is 19.3 Å². The highest BCUT2D eigenvalue weighted by molar-refractivity contribution is 5.65. The molecule has 0 bridgehead atoms. The average Bonchev–Trinajstić information content (AvgIpc) is 3.51. The van der Waals surface area contributed by atoms with Crippen molar-refractivity contribution in [3.8, 4) is 0 Å². The fourth-order valence-corrected chi connectivity index (χ4v) is 4.34. The van der Waals surface area contributed by atoms with Crippen molar-refractivity contribution in [1.82, 2.24) is 5.16 Å². The summed E-state index contributed by atoms with van der Waals surface area (Å²) in [6.07, 6.45) is 10.8. The molecule has 4 rings (SSSR count). The van der Waals surface area contributed by atoms with Crippen LogP contribution >= 0.6 is 0 Å². The van der Waals surface area contributed by atoms with E-state index in [0.29, 0.717) is 13.0 Å². The molecule has 0 saturated heterocycles. The molecular formula is C26H39N3O4. The summed E-state index contributed by atoms with van der Waals surface area (Å²) in [6, 6.07) is 4.26. The van der Waals surface area contributed by atoms with Gasteiger partial charge in [-0.1, -0.05) is 11.2 Å². The maximum absolute atomic E-state index is 9.39. The fourth-order valence-electron chi connectivity index (χ4n) is 4.34. The number of methoxy groups -OCH3 is 1. The Balaban J connectivity index is 0.000000193. The second-order valence-electron chi connectivity index (χ2n) is 8.82. The molecule has 2 aliphatic rings. The van der Waals surface area contributed by atoms with E-state index in [4.69, 9.17) is 9.26 Å². The van der Waals surface area contributed by atoms with Gasteiger partial charge in [-0.3, -0.25) is 9.79 Å². The molecule has 182 valence electrons. The van der Waals surface area contributed by atoms with Gasteiger partial charge in [-0.15, -0.1) is 0 Å². The number of hydrogen-bond acceptors (Lipinski definition) is 7. The minimum atomic E-state index is -0.519. The molecule has 1 atom stereocenters. The quantitative estimate of drug-likeness (QED) is 0.470. The first-order valence-corrected chi connectivity index (χ1v) is 11.7. The third kappa shape index (κ3) is 7.16. The van der Waals surface area contributed by atoms with Crippen LogP contribution in [0.3, 0.4) is 0 Å². The van der Waals surface area contributed by atoms with Crippen LogP contribution in [0.25, 0.3) is 0 Å². The lowest BCUT2D eigenvalue weighted by Crippen LogP contribution is -2.28. The predicted octanol–water partition coefficient (Wildman–Crippen LogP) is 4.90. The normalized spacial score (nSPS) is 15.6. The third-order valence-corrected chi connectivity index (χ3v) is 6.14. The molecule has 1 aromatic carbocycles. The molecule has 1 unspecified atom stereocenters. The minimum Gasteiger partial charge on any atom is -0.465 e. The van der Waals surface area contributed by atoms with Crippen molar-refractivity contribution in [2.24, 2.45) is 4.99 Å². The molecule has 0 fully saturated rings. The van der Waals surface area contributed by atoms with Gasteiger partial charge in [-0.05, 0) is 94.7 Å². The van der Waals surface area contributed by atoms with E-state index in [2.05, 4.69) is 40.0 Å². The predicted molar refractivity (Wildman–Crippen MR) is 132 cm³/mol. The Hall–Kier alpha value is -2.67. The highest BCUT2D eigenvalue weighted by Gasteiger charge is 2.28. The Morgan fingerprint density at radius 3 is 2.33 bits per heavy atom. The van der Waals surface area contributed by atoms with Crippen LogP contribution in [-0.2, 0) is 45.6 Å². The number of fused-ring (bicyclic) bond motifs is 2. The first-order chi connectivity index (χ1) is 15.9. The highest BCUT2D eigenvalue weighted by Crippen LogP contribution is 2.37. The van der Waals surface area contributed by atoms with E-state index in [0.717, 1.165) is 5.69 Å². The van der Waals surface area contributed by atoms with E-state index in [1.54, 1.807) is 49.3 Å². The standard InChI is InChI=1S/C14H19N.C8H12N2O2.C4H8O2/c1-15-14-12-7-3-2-5-10(12)9-11-6-4-8-13(11)14;1-8(11-3,6-9-2)7-4-5-12-10-7;1-4(2)6-3-5/h9,15H,2-8H2,1H3;4-5H,2,6H2,1,3H3;3-4H,1-2H3. The Morgan fingerprint density at radius 1 is 1.21 bits per heavy atom. The number of ether oxygens (including phenoxy) is 2. The Kier molecular flexibility index (Phi) is 10.6. The minimum absolute atomic E-state index is 0.0301. The zero-order valence-electron chi connectivity index (χ0n) is 20.8. The van der Waals surface area contributed by atoms with Crippen LogP contribution in [0.15, 0.2) is 27.9 Å². The maximum atomic E-state index is 9.39. The van der Waals surface area contributed by atoms with Crippen molar-refractivity contribution in [2.75, 3.05) is 26.0 Å². The lowest BCUT2D eigenvalue weighted by Gasteiger charge is -2.22. The van der Waals surface area contributed by atoms with Gasteiger partial charge in [0, 0.05) is 25.9 Å². The SMILES string of the molecule is C=NCC(C)(OC)c1ccon1.CC(C)OC=O.CNc1c2c(cc3c1CCC3)CCCC2. The fraction of sp³-hybridized carbons (Fsp3) is 0.577. The van der Waals surface area contributed by atoms with Crippen LogP contribution in [0, 0.1) is 0 Å². The van der Waals surface area contributed by atoms with E-state index >= 15 is 0 Å². The van der Waals surface area contributed by atoms with E-state index in [1.165, 1.54) is 56.9 Å². The smallest absolute Gasteiger partial charge is 0.293 e. The molecule has 7 nitrogen and oxygen atoms in total. The van der Waals surface area contributed by atoms with Crippen molar-refractivity contribution < 1.29 is 18.8 Å². The molecule has 1 heterocycles. The topological polar surface area (TPSA) is 86.0 Å². The molecule has 2 aromatic rings. The van der Waals surface area contributed by atoms with Crippen LogP contribution in [0.2, 0.25) is 0 Å². The average molecular weight is 458 g/mol. The van der Waals surface area contributed by atoms with E-state index in [9.17, 15) is 4.79 Å². The summed E-state index contributed by atoms with van der Waals surface area (Å²) >= 11 is 0. The molecular weight excluding hydrogens is 418 g/mol. The van der Waals surface area contributed by atoms with Crippen molar-refractivity contribution in [3.05, 3.63) is 46.3 Å². The first-order valence-electron chi connectivity index (χ1n) is 11.7. The van der Waals surface area contributed by atoms with Gasteiger partial charge in [0.05, 0.1) is 12.6 Å². The monoisotopic (exact) mass is 457 g/mol. The van der Waals surface area contributed by atoms with Gasteiger partial charge in [0.25, 0.3) is 6.47 Å². The van der Waals surface area contributed by atoms with E-state index in [-0.39, 0.29) is 6.10 Å². The van der Waals surface area contributed by atoms with Gasteiger partial charge in [-0.2, -0.15) is 0 Å². The lowest BCUT2D eigenvalue weighted by molar-refractivity contribution is -0.131. The van der Waals surface area contributed by atoms with Gasteiger partial charge in [0.2, 0.25) is 0 Å². The first kappa shape index (κ1) is 26.6. The number of nitrogens with one attached hydrogen (secondary N) is 1. The Morgan fingerprint density at radius 2 is 1.85 bits per heavy atom. The molecule has 0 aliphatic heterocycles. The van der Waals surface area contributed by atoms with Crippen molar-refractivity contribution in [2.45, 2.75) is 77.4 Å². The van der Waals surface area contributed by atoms with Crippen LogP contribution < -0.4 is 5.32 Å². The zero-order valence-corrected chi connectivity index (χ0v) is 20.8. The maximum Gasteiger partial charge on any atom is 0.293 e. The number of nitrogens with zero attached hydrogens (tertiary/aromatic N) is 2. The number of aliphatic imine (C=N–C) groups is 1. The summed E-state index contributed by atoms with van der Waals surface area (Å²) in [6.45, 7) is 9.82. The zero-order chi connectivity index (χ0) is 24.3. The van der Waals surface area contributed by atoms with Crippen LogP contribution in [0.4, 0.5) is 5.69 Å². The molecule has 0 amide bonds. The number of benzene rings is 1. The number of rotatable bonds is 7. The number of hydrogen-bond donors (Lipinski definition) is 1. The summed E-state index contributed by atoms with van der Waals surface area (Å²) in [5.41, 5.74) is 8.21. The Labute approximate surface area is 197 Å². The number of aryl methyl sites for hydroxylation is 2. The van der Waals surface area contributed by atoms with Gasteiger partial charge in [0.1, 0.15) is 17.6 Å². The number of anilines is 1. The van der Waals surface area contributed by atoms with Gasteiger partial charge in [-0.25, -0.2) is 0 Å². The molecule has 1 N–H and O–H groups in total. The molecule has 0 saturated carbocycles. The van der Waals surface area contributed by atoms with Gasteiger partial charge >= 0.3 is 0 Å². The van der Waals surface area contributed by atoms with Crippen LogP contribution in [-0.4, -0.2) is 45.2 Å². The number of carbonyl (C=O) groups is 1. The molecule has 33 heavy (non-hydrogen) atoms. The second-order valence-corrected chi connectivity index (χ2v) is 8.82. The van der Waals surface area contributed by atoms with Gasteiger partial charge in [0.15, 0.2) is 0 Å². The molecule has 0 radical (unpaired) electrons. The number of aromatic nitrogens is 1. The summed E-state index contributed by atoms with van der Waals surface area (Å²) in [4.78, 5) is 13.2. The summed E-state index contributed by atoms with van der Waals surface area (Å²) < 4.78 is 14.3. The molecule has 1 aromatic heterocycles. The highest BCUT2D eigenvalue weighted by atomic mass is 16.5. The largest absolute Gasteiger partial charge is 0.465 e. The molecule has 2 aliphatic carbocycles. The van der Waals surface area contributed by atoms with Crippen molar-refractivity contribution in [1.29, 1.82) is 0 Å². The Bertz CT molecular complexity index is 880. The number of carbonyl (C=O) groups excluding carboxylic acids is 1.